The molecule has 0 saturated carbocycles. The van der Waals surface area contributed by atoms with Gasteiger partial charge in [-0.15, -0.1) is 0 Å². The lowest BCUT2D eigenvalue weighted by Gasteiger charge is -2.41. The minimum atomic E-state index is -4.64. The summed E-state index contributed by atoms with van der Waals surface area (Å²) in [5, 5.41) is 2.84. The summed E-state index contributed by atoms with van der Waals surface area (Å²) in [6.45, 7) is 6.59. The molecule has 1 amide bonds. The molecule has 1 aromatic rings. The maximum atomic E-state index is 12.5. The van der Waals surface area contributed by atoms with Crippen LogP contribution in [0.2, 0.25) is 0 Å². The molecule has 2 rings (SSSR count). The van der Waals surface area contributed by atoms with E-state index in [4.69, 9.17) is 0 Å². The Labute approximate surface area is 147 Å². The topological polar surface area (TPSA) is 66.5 Å². The number of hydrogen-bond acceptors (Lipinski definition) is 4. The van der Waals surface area contributed by atoms with Crippen molar-refractivity contribution in [2.45, 2.75) is 49.3 Å². The zero-order valence-corrected chi connectivity index (χ0v) is 15.3. The van der Waals surface area contributed by atoms with Crippen molar-refractivity contribution in [2.75, 3.05) is 19.6 Å². The van der Waals surface area contributed by atoms with Crippen LogP contribution in [0.5, 0.6) is 0 Å². The number of nitrogens with one attached hydrogen (secondary N) is 1. The smallest absolute Gasteiger partial charge is 0.341 e. The molecule has 0 aliphatic carbocycles. The van der Waals surface area contributed by atoms with Crippen LogP contribution in [0.25, 0.3) is 0 Å². The summed E-state index contributed by atoms with van der Waals surface area (Å²) in [4.78, 5) is 14.1. The molecule has 140 valence electrons. The van der Waals surface area contributed by atoms with Gasteiger partial charge in [0.15, 0.2) is 0 Å². The molecule has 0 atom stereocenters. The van der Waals surface area contributed by atoms with Crippen molar-refractivity contribution in [3.63, 3.8) is 0 Å². The van der Waals surface area contributed by atoms with Gasteiger partial charge in [0.2, 0.25) is 9.84 Å². The van der Waals surface area contributed by atoms with E-state index in [1.807, 2.05) is 0 Å². The Kier molecular flexibility index (Phi) is 6.16. The van der Waals surface area contributed by atoms with Gasteiger partial charge in [0.05, 0.1) is 4.90 Å². The summed E-state index contributed by atoms with van der Waals surface area (Å²) in [5.74, 6) is -3.83. The molecule has 1 aromatic carbocycles. The Bertz CT molecular complexity index is 697. The molecular formula is C17H24F2N2O3S. The zero-order valence-electron chi connectivity index (χ0n) is 14.5. The molecule has 1 saturated heterocycles. The van der Waals surface area contributed by atoms with Crippen LogP contribution >= 0.6 is 0 Å². The molecule has 1 aliphatic heterocycles. The van der Waals surface area contributed by atoms with E-state index in [2.05, 4.69) is 24.1 Å². The highest BCUT2D eigenvalue weighted by molar-refractivity contribution is 7.91. The van der Waals surface area contributed by atoms with Crippen LogP contribution in [0, 0.1) is 0 Å². The number of likely N-dealkylation sites (tertiary alicyclic amines) is 1. The minimum absolute atomic E-state index is 0.185. The molecule has 8 heteroatoms. The standard InChI is InChI=1S/C17H24F2N2O3S/c1-17(2,21-10-4-3-5-11-21)12-20-15(22)13-6-8-14(9-7-13)25(23,24)16(18)19/h6-9,16H,3-5,10-12H2,1-2H3,(H,20,22). The number of hydrogen-bond donors (Lipinski definition) is 1. The molecule has 5 nitrogen and oxygen atoms in total. The van der Waals surface area contributed by atoms with Gasteiger partial charge in [-0.1, -0.05) is 6.42 Å². The van der Waals surface area contributed by atoms with Crippen molar-refractivity contribution in [3.05, 3.63) is 29.8 Å². The van der Waals surface area contributed by atoms with Crippen LogP contribution in [0.15, 0.2) is 29.2 Å². The predicted molar refractivity (Wildman–Crippen MR) is 91.5 cm³/mol. The molecule has 0 radical (unpaired) electrons. The van der Waals surface area contributed by atoms with Crippen LogP contribution in [0.3, 0.4) is 0 Å². The van der Waals surface area contributed by atoms with E-state index in [-0.39, 0.29) is 17.0 Å². The van der Waals surface area contributed by atoms with Crippen molar-refractivity contribution < 1.29 is 22.0 Å². The molecule has 1 N–H and O–H groups in total. The average Bonchev–Trinajstić information content (AvgIpc) is 2.60. The number of carbonyl (C=O) groups is 1. The molecule has 1 aliphatic rings. The number of halogens is 2. The summed E-state index contributed by atoms with van der Waals surface area (Å²) in [5.41, 5.74) is 0.0531. The third kappa shape index (κ3) is 4.76. The maximum absolute atomic E-state index is 12.5. The Morgan fingerprint density at radius 3 is 2.24 bits per heavy atom. The van der Waals surface area contributed by atoms with Crippen molar-refractivity contribution >= 4 is 15.7 Å². The largest absolute Gasteiger partial charge is 0.350 e. The van der Waals surface area contributed by atoms with Gasteiger partial charge in [-0.2, -0.15) is 8.78 Å². The Balaban J connectivity index is 1.99. The summed E-state index contributed by atoms with van der Waals surface area (Å²) in [6.07, 6.45) is 3.53. The summed E-state index contributed by atoms with van der Waals surface area (Å²) >= 11 is 0. The second-order valence-electron chi connectivity index (χ2n) is 6.87. The Morgan fingerprint density at radius 1 is 1.16 bits per heavy atom. The normalized spacial score (nSPS) is 16.8. The van der Waals surface area contributed by atoms with E-state index in [9.17, 15) is 22.0 Å². The fourth-order valence-corrected chi connectivity index (χ4v) is 3.63. The van der Waals surface area contributed by atoms with Crippen LogP contribution in [0.4, 0.5) is 8.78 Å². The first-order valence-corrected chi connectivity index (χ1v) is 9.84. The van der Waals surface area contributed by atoms with Gasteiger partial charge in [0.1, 0.15) is 0 Å². The summed E-state index contributed by atoms with van der Waals surface area (Å²) < 4.78 is 47.8. The van der Waals surface area contributed by atoms with Gasteiger partial charge in [-0.05, 0) is 64.0 Å². The summed E-state index contributed by atoms with van der Waals surface area (Å²) in [7, 11) is -4.64. The van der Waals surface area contributed by atoms with Gasteiger partial charge in [0, 0.05) is 17.6 Å². The fourth-order valence-electron chi connectivity index (χ4n) is 2.91. The highest BCUT2D eigenvalue weighted by Gasteiger charge is 2.29. The molecule has 0 bridgehead atoms. The first-order valence-electron chi connectivity index (χ1n) is 8.30. The van der Waals surface area contributed by atoms with E-state index >= 15 is 0 Å². The van der Waals surface area contributed by atoms with Crippen LogP contribution in [-0.2, 0) is 9.84 Å². The third-order valence-corrected chi connectivity index (χ3v) is 5.97. The van der Waals surface area contributed by atoms with E-state index in [0.717, 1.165) is 38.1 Å². The minimum Gasteiger partial charge on any atom is -0.350 e. The fraction of sp³-hybridized carbons (Fsp3) is 0.588. The van der Waals surface area contributed by atoms with Crippen molar-refractivity contribution in [1.29, 1.82) is 0 Å². The van der Waals surface area contributed by atoms with Crippen molar-refractivity contribution in [2.24, 2.45) is 0 Å². The Hall–Kier alpha value is -1.54. The average molecular weight is 374 g/mol. The van der Waals surface area contributed by atoms with Gasteiger partial charge >= 0.3 is 5.76 Å². The molecule has 0 spiro atoms. The van der Waals surface area contributed by atoms with E-state index < -0.39 is 20.5 Å². The molecule has 0 unspecified atom stereocenters. The zero-order chi connectivity index (χ0) is 18.7. The second-order valence-corrected chi connectivity index (χ2v) is 8.79. The van der Waals surface area contributed by atoms with E-state index in [0.29, 0.717) is 6.54 Å². The lowest BCUT2D eigenvalue weighted by Crippen LogP contribution is -2.53. The maximum Gasteiger partial charge on any atom is 0.341 e. The molecular weight excluding hydrogens is 350 g/mol. The van der Waals surface area contributed by atoms with E-state index in [1.165, 1.54) is 18.6 Å². The summed E-state index contributed by atoms with van der Waals surface area (Å²) in [6, 6.07) is 4.56. The van der Waals surface area contributed by atoms with Gasteiger partial charge in [0.25, 0.3) is 5.91 Å². The first-order chi connectivity index (χ1) is 11.6. The SMILES string of the molecule is CC(C)(CNC(=O)c1ccc(S(=O)(=O)C(F)F)cc1)N1CCCCC1. The molecule has 25 heavy (non-hydrogen) atoms. The predicted octanol–water partition coefficient (Wildman–Crippen LogP) is 2.68. The molecule has 1 fully saturated rings. The number of sulfone groups is 1. The van der Waals surface area contributed by atoms with E-state index in [1.54, 1.807) is 0 Å². The van der Waals surface area contributed by atoms with Crippen LogP contribution in [-0.4, -0.2) is 50.2 Å². The third-order valence-electron chi connectivity index (χ3n) is 4.57. The quantitative estimate of drug-likeness (QED) is 0.831. The monoisotopic (exact) mass is 374 g/mol. The first kappa shape index (κ1) is 19.8. The van der Waals surface area contributed by atoms with Crippen molar-refractivity contribution in [3.8, 4) is 0 Å². The molecule has 0 aromatic heterocycles. The highest BCUT2D eigenvalue weighted by Crippen LogP contribution is 2.21. The van der Waals surface area contributed by atoms with Gasteiger partial charge in [-0.25, -0.2) is 8.42 Å². The number of alkyl halides is 2. The number of piperidine rings is 1. The highest BCUT2D eigenvalue weighted by atomic mass is 32.2. The lowest BCUT2D eigenvalue weighted by atomic mass is 9.98. The van der Waals surface area contributed by atoms with Gasteiger partial charge < -0.3 is 5.32 Å². The number of nitrogens with zero attached hydrogens (tertiary/aromatic N) is 1. The van der Waals surface area contributed by atoms with Gasteiger partial charge in [-0.3, -0.25) is 9.69 Å². The number of benzene rings is 1. The molecule has 1 heterocycles. The Morgan fingerprint density at radius 2 is 1.72 bits per heavy atom. The number of carbonyl (C=O) groups excluding carboxylic acids is 1. The van der Waals surface area contributed by atoms with Crippen LogP contribution in [0.1, 0.15) is 43.5 Å². The number of rotatable bonds is 6. The van der Waals surface area contributed by atoms with Crippen molar-refractivity contribution in [1.82, 2.24) is 10.2 Å². The second kappa shape index (κ2) is 7.78. The number of amides is 1. The lowest BCUT2D eigenvalue weighted by molar-refractivity contribution is 0.0797. The van der Waals surface area contributed by atoms with Crippen LogP contribution < -0.4 is 5.32 Å².